The first-order valence-electron chi connectivity index (χ1n) is 2.74. The molecule has 3 nitrogen and oxygen atoms in total. The fraction of sp³-hybridized carbons (Fsp3) is 0.600. The molecule has 5 heteroatoms. The summed E-state index contributed by atoms with van der Waals surface area (Å²) >= 11 is 5.65. The monoisotopic (exact) mass is 179 g/mol. The van der Waals surface area contributed by atoms with Crippen LogP contribution in [0.1, 0.15) is 6.92 Å². The predicted molar refractivity (Wildman–Crippen MR) is 45.9 cm³/mol. The van der Waals surface area contributed by atoms with E-state index in [0.717, 1.165) is 11.8 Å². The van der Waals surface area contributed by atoms with Gasteiger partial charge in [-0.3, -0.25) is 4.79 Å². The van der Waals surface area contributed by atoms with Crippen LogP contribution in [0.4, 0.5) is 0 Å². The predicted octanol–water partition coefficient (Wildman–Crippen LogP) is 0.526. The molecular formula is C5H9NO2S2. The quantitative estimate of drug-likeness (QED) is 0.506. The largest absolute Gasteiger partial charge is 0.465 e. The van der Waals surface area contributed by atoms with Crippen molar-refractivity contribution in [2.45, 2.75) is 6.92 Å². The van der Waals surface area contributed by atoms with Crippen LogP contribution in [0.2, 0.25) is 0 Å². The Morgan fingerprint density at radius 1 is 1.80 bits per heavy atom. The molecule has 0 aromatic rings. The molecule has 0 bridgehead atoms. The molecule has 0 aliphatic rings. The molecular weight excluding hydrogens is 170 g/mol. The molecule has 0 atom stereocenters. The Kier molecular flexibility index (Phi) is 5.33. The number of hydrogen-bond donors (Lipinski definition) is 1. The molecule has 10 heavy (non-hydrogen) atoms. The first-order valence-corrected chi connectivity index (χ1v) is 4.14. The average molecular weight is 179 g/mol. The minimum absolute atomic E-state index is 0.211. The molecule has 0 radical (unpaired) electrons. The van der Waals surface area contributed by atoms with Gasteiger partial charge in [0.1, 0.15) is 4.32 Å². The third-order valence-electron chi connectivity index (χ3n) is 0.638. The lowest BCUT2D eigenvalue weighted by Crippen LogP contribution is -2.11. The van der Waals surface area contributed by atoms with Gasteiger partial charge in [-0.25, -0.2) is 0 Å². The molecule has 0 aromatic carbocycles. The van der Waals surface area contributed by atoms with E-state index in [1.807, 2.05) is 0 Å². The molecule has 0 aliphatic heterocycles. The van der Waals surface area contributed by atoms with E-state index in [9.17, 15) is 4.79 Å². The lowest BCUT2D eigenvalue weighted by Gasteiger charge is -1.98. The van der Waals surface area contributed by atoms with E-state index in [0.29, 0.717) is 6.61 Å². The Morgan fingerprint density at radius 3 is 2.80 bits per heavy atom. The molecule has 0 amide bonds. The summed E-state index contributed by atoms with van der Waals surface area (Å²) in [5.41, 5.74) is 5.12. The minimum atomic E-state index is -0.277. The van der Waals surface area contributed by atoms with Gasteiger partial charge in [-0.05, 0) is 6.92 Å². The van der Waals surface area contributed by atoms with E-state index in [-0.39, 0.29) is 16.0 Å². The van der Waals surface area contributed by atoms with Gasteiger partial charge in [-0.2, -0.15) is 0 Å². The summed E-state index contributed by atoms with van der Waals surface area (Å²) in [6.07, 6.45) is 0. The van der Waals surface area contributed by atoms with Crippen LogP contribution in [0.15, 0.2) is 0 Å². The van der Waals surface area contributed by atoms with Crippen molar-refractivity contribution in [1.82, 2.24) is 0 Å². The zero-order chi connectivity index (χ0) is 7.98. The lowest BCUT2D eigenvalue weighted by atomic mass is 10.8. The molecule has 58 valence electrons. The number of rotatable bonds is 3. The van der Waals surface area contributed by atoms with Gasteiger partial charge in [0.05, 0.1) is 12.4 Å². The Morgan fingerprint density at radius 2 is 2.40 bits per heavy atom. The first kappa shape index (κ1) is 9.71. The maximum Gasteiger partial charge on any atom is 0.316 e. The molecule has 0 unspecified atom stereocenters. The van der Waals surface area contributed by atoms with Crippen molar-refractivity contribution in [2.24, 2.45) is 5.73 Å². The highest BCUT2D eigenvalue weighted by molar-refractivity contribution is 8.23. The van der Waals surface area contributed by atoms with Crippen molar-refractivity contribution >= 4 is 34.3 Å². The molecule has 0 aliphatic carbocycles. The first-order chi connectivity index (χ1) is 4.66. The standard InChI is InChI=1S/C5H9NO2S2/c1-2-8-4(7)3-10-5(6)9/h2-3H2,1H3,(H2,6,9). The fourth-order valence-electron chi connectivity index (χ4n) is 0.333. The summed E-state index contributed by atoms with van der Waals surface area (Å²) in [5.74, 6) is -0.0660. The molecule has 0 saturated heterocycles. The van der Waals surface area contributed by atoms with Gasteiger partial charge < -0.3 is 10.5 Å². The van der Waals surface area contributed by atoms with E-state index in [1.165, 1.54) is 0 Å². The van der Waals surface area contributed by atoms with Crippen molar-refractivity contribution in [3.05, 3.63) is 0 Å². The second kappa shape index (κ2) is 5.49. The van der Waals surface area contributed by atoms with Crippen molar-refractivity contribution in [3.8, 4) is 0 Å². The highest BCUT2D eigenvalue weighted by Gasteiger charge is 2.01. The number of carbonyl (C=O) groups is 1. The van der Waals surface area contributed by atoms with E-state index in [4.69, 9.17) is 5.73 Å². The summed E-state index contributed by atoms with van der Waals surface area (Å²) in [6, 6.07) is 0. The maximum absolute atomic E-state index is 10.6. The van der Waals surface area contributed by atoms with Gasteiger partial charge in [-0.15, -0.1) is 0 Å². The van der Waals surface area contributed by atoms with Crippen molar-refractivity contribution in [1.29, 1.82) is 0 Å². The van der Waals surface area contributed by atoms with E-state index >= 15 is 0 Å². The molecule has 0 aromatic heterocycles. The molecule has 0 saturated carbocycles. The van der Waals surface area contributed by atoms with Gasteiger partial charge >= 0.3 is 5.97 Å². The van der Waals surface area contributed by atoms with Gasteiger partial charge in [0, 0.05) is 0 Å². The Hall–Kier alpha value is -0.290. The van der Waals surface area contributed by atoms with Gasteiger partial charge in [0.2, 0.25) is 0 Å². The minimum Gasteiger partial charge on any atom is -0.465 e. The van der Waals surface area contributed by atoms with E-state index in [2.05, 4.69) is 17.0 Å². The number of hydrogen-bond acceptors (Lipinski definition) is 4. The number of carbonyl (C=O) groups excluding carboxylic acids is 1. The maximum atomic E-state index is 10.6. The Bertz CT molecular complexity index is 138. The van der Waals surface area contributed by atoms with Crippen LogP contribution in [0.5, 0.6) is 0 Å². The van der Waals surface area contributed by atoms with Crippen LogP contribution in [0, 0.1) is 0 Å². The topological polar surface area (TPSA) is 52.3 Å². The molecule has 0 heterocycles. The third kappa shape index (κ3) is 5.84. The summed E-state index contributed by atoms with van der Waals surface area (Å²) < 4.78 is 4.89. The SMILES string of the molecule is CCOC(=O)CSC(N)=S. The Balaban J connectivity index is 3.30. The molecule has 2 N–H and O–H groups in total. The lowest BCUT2D eigenvalue weighted by molar-refractivity contribution is -0.139. The van der Waals surface area contributed by atoms with Crippen LogP contribution in [0.3, 0.4) is 0 Å². The van der Waals surface area contributed by atoms with E-state index in [1.54, 1.807) is 6.92 Å². The summed E-state index contributed by atoms with van der Waals surface area (Å²) in [5, 5.41) is 0. The van der Waals surface area contributed by atoms with Crippen molar-refractivity contribution in [3.63, 3.8) is 0 Å². The third-order valence-corrected chi connectivity index (χ3v) is 1.66. The number of nitrogens with two attached hydrogens (primary N) is 1. The van der Waals surface area contributed by atoms with Crippen molar-refractivity contribution < 1.29 is 9.53 Å². The van der Waals surface area contributed by atoms with Gasteiger partial charge in [0.15, 0.2) is 0 Å². The average Bonchev–Trinajstić information content (AvgIpc) is 1.85. The number of thiocarbonyl (C=S) groups is 1. The summed E-state index contributed by atoms with van der Waals surface area (Å²) in [6.45, 7) is 2.15. The smallest absolute Gasteiger partial charge is 0.316 e. The van der Waals surface area contributed by atoms with Crippen LogP contribution >= 0.6 is 24.0 Å². The number of thioether (sulfide) groups is 1. The zero-order valence-electron chi connectivity index (χ0n) is 5.62. The number of esters is 1. The summed E-state index contributed by atoms with van der Waals surface area (Å²) in [7, 11) is 0. The Labute approximate surface area is 69.3 Å². The van der Waals surface area contributed by atoms with Crippen LogP contribution < -0.4 is 5.73 Å². The normalized spacial score (nSPS) is 8.90. The molecule has 0 fully saturated rings. The fourth-order valence-corrected chi connectivity index (χ4v) is 0.853. The summed E-state index contributed by atoms with van der Waals surface area (Å²) in [4.78, 5) is 10.6. The van der Waals surface area contributed by atoms with Gasteiger partial charge in [-0.1, -0.05) is 24.0 Å². The second-order valence-electron chi connectivity index (χ2n) is 1.41. The van der Waals surface area contributed by atoms with Crippen LogP contribution in [-0.4, -0.2) is 22.6 Å². The highest BCUT2D eigenvalue weighted by Crippen LogP contribution is 1.99. The molecule has 0 spiro atoms. The number of ether oxygens (including phenoxy) is 1. The second-order valence-corrected chi connectivity index (χ2v) is 3.13. The van der Waals surface area contributed by atoms with Gasteiger partial charge in [0.25, 0.3) is 0 Å². The van der Waals surface area contributed by atoms with Crippen LogP contribution in [0.25, 0.3) is 0 Å². The molecule has 0 rings (SSSR count). The zero-order valence-corrected chi connectivity index (χ0v) is 7.26. The van der Waals surface area contributed by atoms with Crippen molar-refractivity contribution in [2.75, 3.05) is 12.4 Å². The van der Waals surface area contributed by atoms with Crippen LogP contribution in [-0.2, 0) is 9.53 Å². The van der Waals surface area contributed by atoms with E-state index < -0.39 is 0 Å². The highest BCUT2D eigenvalue weighted by atomic mass is 32.2.